The fraction of sp³-hybridized carbons (Fsp3) is 0.222. The summed E-state index contributed by atoms with van der Waals surface area (Å²) >= 11 is 13.8. The topological polar surface area (TPSA) is 29.1 Å². The van der Waals surface area contributed by atoms with Crippen molar-refractivity contribution in [2.45, 2.75) is 10.2 Å². The van der Waals surface area contributed by atoms with Crippen molar-refractivity contribution in [1.29, 1.82) is 0 Å². The van der Waals surface area contributed by atoms with Crippen molar-refractivity contribution in [2.24, 2.45) is 0 Å². The fourth-order valence-electron chi connectivity index (χ4n) is 0.685. The summed E-state index contributed by atoms with van der Waals surface area (Å²) in [6.45, 7) is 0. The molecule has 0 atom stereocenters. The van der Waals surface area contributed by atoms with Crippen LogP contribution in [-0.2, 0) is 0 Å². The minimum Gasteiger partial charge on any atom is -0.276 e. The molecule has 0 heterocycles. The molecular weight excluding hydrogens is 353 g/mol. The molecule has 0 fully saturated rings. The number of hydrogen-bond acceptors (Lipinski definition) is 3. The van der Waals surface area contributed by atoms with Gasteiger partial charge in [-0.05, 0) is 11.6 Å². The van der Waals surface area contributed by atoms with Crippen LogP contribution in [0.15, 0.2) is 30.3 Å². The lowest BCUT2D eigenvalue weighted by Gasteiger charge is -2.10. The molecule has 0 saturated carbocycles. The van der Waals surface area contributed by atoms with Crippen LogP contribution in [0.1, 0.15) is 10.4 Å². The van der Waals surface area contributed by atoms with Crippen molar-refractivity contribution in [3.8, 4) is 0 Å². The third kappa shape index (κ3) is 12.6. The number of carbonyl (C=O) groups excluding carboxylic acids is 1. The van der Waals surface area contributed by atoms with Crippen molar-refractivity contribution in [2.75, 3.05) is 0 Å². The quantitative estimate of drug-likeness (QED) is 0.275. The standard InChI is InChI=1S/C7H5ClO.C2HCl2F4NS/c8-7(9)6-4-2-1-3-5-6;3-1(4,5)10-9-2(6,7)8/h1-5H;9H. The van der Waals surface area contributed by atoms with Gasteiger partial charge in [-0.25, -0.2) is 0 Å². The zero-order valence-electron chi connectivity index (χ0n) is 8.85. The Bertz CT molecular complexity index is 383. The molecule has 1 aromatic carbocycles. The molecule has 10 heteroatoms. The first-order valence-corrected chi connectivity index (χ1v) is 6.30. The second-order valence-corrected chi connectivity index (χ2v) is 5.78. The summed E-state index contributed by atoms with van der Waals surface area (Å²) in [4.78, 5) is 10.4. The molecule has 1 N–H and O–H groups in total. The maximum absolute atomic E-state index is 11.9. The van der Waals surface area contributed by atoms with Crippen LogP contribution >= 0.6 is 46.8 Å². The van der Waals surface area contributed by atoms with Crippen LogP contribution in [0.5, 0.6) is 0 Å². The van der Waals surface area contributed by atoms with Gasteiger partial charge in [0.05, 0.1) is 0 Å². The lowest BCUT2D eigenvalue weighted by molar-refractivity contribution is -0.136. The van der Waals surface area contributed by atoms with E-state index in [1.54, 1.807) is 24.3 Å². The highest BCUT2D eigenvalue weighted by Gasteiger charge is 2.33. The molecule has 0 aliphatic carbocycles. The summed E-state index contributed by atoms with van der Waals surface area (Å²) in [6.07, 6.45) is -4.69. The van der Waals surface area contributed by atoms with Gasteiger partial charge in [0.2, 0.25) is 0 Å². The van der Waals surface area contributed by atoms with Gasteiger partial charge in [-0.2, -0.15) is 22.3 Å². The number of alkyl halides is 6. The van der Waals surface area contributed by atoms with Gasteiger partial charge in [0.25, 0.3) is 5.24 Å². The number of halogens is 7. The number of nitrogens with one attached hydrogen (secondary N) is 1. The second kappa shape index (κ2) is 8.16. The van der Waals surface area contributed by atoms with Gasteiger partial charge in [0.15, 0.2) is 0 Å². The normalized spacial score (nSPS) is 11.5. The Hall–Kier alpha value is -0.210. The van der Waals surface area contributed by atoms with Crippen LogP contribution < -0.4 is 4.72 Å². The van der Waals surface area contributed by atoms with Crippen molar-refractivity contribution in [3.63, 3.8) is 0 Å². The molecule has 0 aliphatic rings. The third-order valence-electron chi connectivity index (χ3n) is 1.28. The summed E-state index contributed by atoms with van der Waals surface area (Å²) in [5.74, 6) is 0. The lowest BCUT2D eigenvalue weighted by Crippen LogP contribution is -2.27. The Kier molecular flexibility index (Phi) is 8.07. The summed E-state index contributed by atoms with van der Waals surface area (Å²) in [6, 6.07) is 8.74. The Morgan fingerprint density at radius 3 is 1.79 bits per heavy atom. The molecule has 0 unspecified atom stereocenters. The average molecular weight is 359 g/mol. The molecule has 1 rings (SSSR count). The number of rotatable bonds is 3. The molecule has 1 aromatic rings. The molecule has 19 heavy (non-hydrogen) atoms. The van der Waals surface area contributed by atoms with Crippen LogP contribution in [0, 0.1) is 0 Å². The zero-order chi connectivity index (χ0) is 15.1. The van der Waals surface area contributed by atoms with Crippen LogP contribution in [0.3, 0.4) is 0 Å². The summed E-state index contributed by atoms with van der Waals surface area (Å²) in [5.41, 5.74) is 0.541. The van der Waals surface area contributed by atoms with Gasteiger partial charge < -0.3 is 0 Å². The molecule has 108 valence electrons. The highest BCUT2D eigenvalue weighted by atomic mass is 35.5. The average Bonchev–Trinajstić information content (AvgIpc) is 2.27. The number of benzene rings is 1. The molecule has 0 bridgehead atoms. The second-order valence-electron chi connectivity index (χ2n) is 2.79. The summed E-state index contributed by atoms with van der Waals surface area (Å²) < 4.78 is 43.1. The first-order valence-electron chi connectivity index (χ1n) is 4.35. The molecule has 0 amide bonds. The van der Waals surface area contributed by atoms with E-state index in [2.05, 4.69) is 23.2 Å². The van der Waals surface area contributed by atoms with Gasteiger partial charge in [0.1, 0.15) is 0 Å². The van der Waals surface area contributed by atoms with Crippen LogP contribution in [0.25, 0.3) is 0 Å². The predicted molar refractivity (Wildman–Crippen MR) is 69.0 cm³/mol. The highest BCUT2D eigenvalue weighted by Crippen LogP contribution is 2.35. The Balaban J connectivity index is 0.000000342. The van der Waals surface area contributed by atoms with E-state index in [-0.39, 0.29) is 0 Å². The Morgan fingerprint density at radius 1 is 1.11 bits per heavy atom. The molecule has 0 aliphatic heterocycles. The van der Waals surface area contributed by atoms with Crippen LogP contribution in [0.2, 0.25) is 0 Å². The van der Waals surface area contributed by atoms with Crippen molar-refractivity contribution < 1.29 is 22.4 Å². The van der Waals surface area contributed by atoms with E-state index in [4.69, 9.17) is 11.6 Å². The molecular formula is C9H6Cl3F4NOS. The SMILES string of the molecule is FC(F)(F)NSC(F)(Cl)Cl.O=C(Cl)c1ccccc1. The molecule has 0 radical (unpaired) electrons. The zero-order valence-corrected chi connectivity index (χ0v) is 11.9. The fourth-order valence-corrected chi connectivity index (χ4v) is 1.27. The van der Waals surface area contributed by atoms with Gasteiger partial charge in [-0.3, -0.25) is 4.79 Å². The maximum Gasteiger partial charge on any atom is 0.466 e. The van der Waals surface area contributed by atoms with Gasteiger partial charge >= 0.3 is 10.2 Å². The predicted octanol–water partition coefficient (Wildman–Crippen LogP) is 4.87. The van der Waals surface area contributed by atoms with Gasteiger partial charge in [-0.15, -0.1) is 0 Å². The van der Waals surface area contributed by atoms with E-state index in [1.807, 2.05) is 6.07 Å². The van der Waals surface area contributed by atoms with E-state index in [9.17, 15) is 22.4 Å². The first kappa shape index (κ1) is 18.8. The van der Waals surface area contributed by atoms with E-state index in [1.165, 1.54) is 0 Å². The Labute approximate surface area is 125 Å². The van der Waals surface area contributed by atoms with Gasteiger partial charge in [-0.1, -0.05) is 53.5 Å². The van der Waals surface area contributed by atoms with Gasteiger partial charge in [0, 0.05) is 17.5 Å². The van der Waals surface area contributed by atoms with Crippen molar-refractivity contribution in [1.82, 2.24) is 4.72 Å². The highest BCUT2D eigenvalue weighted by molar-refractivity contribution is 8.01. The maximum atomic E-state index is 11.9. The smallest absolute Gasteiger partial charge is 0.276 e. The van der Waals surface area contributed by atoms with E-state index in [0.717, 1.165) is 4.72 Å². The third-order valence-corrected chi connectivity index (χ3v) is 2.53. The van der Waals surface area contributed by atoms with Crippen molar-refractivity contribution in [3.05, 3.63) is 35.9 Å². The minimum absolute atomic E-state index is 0.407. The van der Waals surface area contributed by atoms with Crippen molar-refractivity contribution >= 4 is 52.0 Å². The largest absolute Gasteiger partial charge is 0.466 e. The molecule has 0 aromatic heterocycles. The van der Waals surface area contributed by atoms with E-state index in [0.29, 0.717) is 5.56 Å². The number of carbonyl (C=O) groups is 1. The minimum atomic E-state index is -4.69. The summed E-state index contributed by atoms with van der Waals surface area (Å²) in [5, 5.41) is -0.407. The molecule has 0 saturated heterocycles. The van der Waals surface area contributed by atoms with Crippen LogP contribution in [0.4, 0.5) is 17.6 Å². The molecule has 0 spiro atoms. The van der Waals surface area contributed by atoms with Crippen LogP contribution in [-0.4, -0.2) is 15.5 Å². The summed E-state index contributed by atoms with van der Waals surface area (Å²) in [7, 11) is 0. The Morgan fingerprint density at radius 2 is 1.58 bits per heavy atom. The monoisotopic (exact) mass is 357 g/mol. The number of hydrogen-bond donors (Lipinski definition) is 1. The first-order chi connectivity index (χ1) is 8.51. The lowest BCUT2D eigenvalue weighted by atomic mass is 10.2. The molecule has 2 nitrogen and oxygen atoms in total. The van der Waals surface area contributed by atoms with E-state index >= 15 is 0 Å². The van der Waals surface area contributed by atoms with E-state index < -0.39 is 27.4 Å².